The van der Waals surface area contributed by atoms with E-state index < -0.39 is 11.9 Å². The molecular formula is C16H16N2O4. The number of allylic oxidation sites excluding steroid dienone is 3. The van der Waals surface area contributed by atoms with Crippen LogP contribution in [0.25, 0.3) is 6.08 Å². The molecule has 0 saturated heterocycles. The average molecular weight is 300 g/mol. The van der Waals surface area contributed by atoms with Gasteiger partial charge in [-0.3, -0.25) is 0 Å². The number of carboxylic acids is 2. The van der Waals surface area contributed by atoms with Gasteiger partial charge in [0.05, 0.1) is 5.56 Å². The Balaban J connectivity index is 2.24. The fourth-order valence-electron chi connectivity index (χ4n) is 2.16. The Morgan fingerprint density at radius 3 is 2.32 bits per heavy atom. The largest absolute Gasteiger partial charge is 0.478 e. The minimum Gasteiger partial charge on any atom is -0.478 e. The molecule has 0 aromatic heterocycles. The predicted molar refractivity (Wildman–Crippen MR) is 83.0 cm³/mol. The number of hydrogen-bond donors (Lipinski definition) is 4. The molecule has 114 valence electrons. The van der Waals surface area contributed by atoms with Gasteiger partial charge in [0, 0.05) is 17.0 Å². The van der Waals surface area contributed by atoms with Crippen LogP contribution in [0, 0.1) is 0 Å². The van der Waals surface area contributed by atoms with Crippen LogP contribution >= 0.6 is 0 Å². The zero-order valence-electron chi connectivity index (χ0n) is 11.7. The maximum absolute atomic E-state index is 10.9. The van der Waals surface area contributed by atoms with Gasteiger partial charge in [0.1, 0.15) is 0 Å². The summed E-state index contributed by atoms with van der Waals surface area (Å²) in [7, 11) is 0. The van der Waals surface area contributed by atoms with Gasteiger partial charge in [0.2, 0.25) is 0 Å². The van der Waals surface area contributed by atoms with Crippen LogP contribution in [0.2, 0.25) is 0 Å². The van der Waals surface area contributed by atoms with Crippen LogP contribution in [0.5, 0.6) is 0 Å². The van der Waals surface area contributed by atoms with Crippen LogP contribution in [0.3, 0.4) is 0 Å². The van der Waals surface area contributed by atoms with Crippen LogP contribution in [0.4, 0.5) is 5.69 Å². The van der Waals surface area contributed by atoms with Gasteiger partial charge in [-0.05, 0) is 42.2 Å². The lowest BCUT2D eigenvalue weighted by molar-refractivity contribution is -0.132. The first-order valence-corrected chi connectivity index (χ1v) is 6.62. The summed E-state index contributed by atoms with van der Waals surface area (Å²) in [6.07, 6.45) is 5.93. The number of anilines is 1. The number of hydrogen-bond acceptors (Lipinski definition) is 4. The van der Waals surface area contributed by atoms with Gasteiger partial charge >= 0.3 is 11.9 Å². The van der Waals surface area contributed by atoms with E-state index in [2.05, 4.69) is 0 Å². The lowest BCUT2D eigenvalue weighted by atomic mass is 9.95. The van der Waals surface area contributed by atoms with Crippen molar-refractivity contribution in [3.8, 4) is 0 Å². The maximum Gasteiger partial charge on any atom is 0.335 e. The van der Waals surface area contributed by atoms with Gasteiger partial charge in [-0.15, -0.1) is 0 Å². The molecular weight excluding hydrogens is 284 g/mol. The van der Waals surface area contributed by atoms with Gasteiger partial charge in [0.25, 0.3) is 0 Å². The molecule has 6 heteroatoms. The van der Waals surface area contributed by atoms with Crippen molar-refractivity contribution in [1.82, 2.24) is 0 Å². The van der Waals surface area contributed by atoms with Crippen molar-refractivity contribution in [2.24, 2.45) is 5.73 Å². The fourth-order valence-corrected chi connectivity index (χ4v) is 2.16. The number of carboxylic acid groups (broad SMARTS) is 2. The van der Waals surface area contributed by atoms with E-state index in [1.807, 2.05) is 0 Å². The highest BCUT2D eigenvalue weighted by Gasteiger charge is 2.14. The van der Waals surface area contributed by atoms with E-state index in [0.29, 0.717) is 35.4 Å². The highest BCUT2D eigenvalue weighted by molar-refractivity contribution is 5.90. The Hall–Kier alpha value is -3.02. The van der Waals surface area contributed by atoms with Gasteiger partial charge in [-0.25, -0.2) is 9.59 Å². The molecule has 1 aromatic rings. The third-order valence-corrected chi connectivity index (χ3v) is 3.44. The van der Waals surface area contributed by atoms with E-state index in [4.69, 9.17) is 21.7 Å². The number of aliphatic carboxylic acids is 1. The second-order valence-electron chi connectivity index (χ2n) is 4.94. The Bertz CT molecular complexity index is 730. The highest BCUT2D eigenvalue weighted by Crippen LogP contribution is 2.24. The number of carbonyl (C=O) groups is 2. The molecule has 0 radical (unpaired) electrons. The van der Waals surface area contributed by atoms with Crippen molar-refractivity contribution in [2.45, 2.75) is 12.8 Å². The van der Waals surface area contributed by atoms with Crippen LogP contribution < -0.4 is 11.5 Å². The summed E-state index contributed by atoms with van der Waals surface area (Å²) in [6, 6.07) is 4.48. The molecule has 0 spiro atoms. The third-order valence-electron chi connectivity index (χ3n) is 3.44. The zero-order valence-corrected chi connectivity index (χ0v) is 11.7. The molecule has 1 aliphatic rings. The topological polar surface area (TPSA) is 127 Å². The molecule has 22 heavy (non-hydrogen) atoms. The van der Waals surface area contributed by atoms with Crippen molar-refractivity contribution in [3.63, 3.8) is 0 Å². The van der Waals surface area contributed by atoms with Crippen molar-refractivity contribution < 1.29 is 19.8 Å². The SMILES string of the molecule is NC1=C(/C=C/c2ccc(C(=O)O)cc2N)CCC(C(=O)O)=C1. The van der Waals surface area contributed by atoms with Crippen molar-refractivity contribution in [1.29, 1.82) is 0 Å². The summed E-state index contributed by atoms with van der Waals surface area (Å²) < 4.78 is 0. The van der Waals surface area contributed by atoms with Crippen molar-refractivity contribution in [3.05, 3.63) is 58.3 Å². The standard InChI is InChI=1S/C16H16N2O4/c17-13-7-11(15(19)20)5-3-9(13)1-2-10-4-6-12(16(21)22)8-14(10)18/h1-3,5,7-8H,4,6,17-18H2,(H,19,20)(H,21,22)/b2-1+. The molecule has 0 bridgehead atoms. The van der Waals surface area contributed by atoms with Crippen LogP contribution in [-0.4, -0.2) is 22.2 Å². The van der Waals surface area contributed by atoms with Crippen LogP contribution in [0.15, 0.2) is 47.2 Å². The summed E-state index contributed by atoms with van der Waals surface area (Å²) in [5, 5.41) is 17.8. The molecule has 0 aliphatic heterocycles. The summed E-state index contributed by atoms with van der Waals surface area (Å²) in [4.78, 5) is 21.7. The van der Waals surface area contributed by atoms with Crippen LogP contribution in [-0.2, 0) is 4.79 Å². The van der Waals surface area contributed by atoms with E-state index in [1.54, 1.807) is 18.2 Å². The van der Waals surface area contributed by atoms with E-state index in [0.717, 1.165) is 5.57 Å². The minimum absolute atomic E-state index is 0.125. The molecule has 0 amide bonds. The normalized spacial score (nSPS) is 15.0. The third kappa shape index (κ3) is 3.35. The monoisotopic (exact) mass is 300 g/mol. The van der Waals surface area contributed by atoms with Gasteiger partial charge in [-0.2, -0.15) is 0 Å². The summed E-state index contributed by atoms with van der Waals surface area (Å²) in [5.74, 6) is -1.99. The molecule has 0 heterocycles. The van der Waals surface area contributed by atoms with Crippen molar-refractivity contribution in [2.75, 3.05) is 5.73 Å². The molecule has 0 atom stereocenters. The second-order valence-corrected chi connectivity index (χ2v) is 4.94. The number of aromatic carboxylic acids is 1. The molecule has 1 aliphatic carbocycles. The number of rotatable bonds is 4. The number of benzene rings is 1. The minimum atomic E-state index is -1.03. The molecule has 0 unspecified atom stereocenters. The lowest BCUT2D eigenvalue weighted by Crippen LogP contribution is -2.10. The lowest BCUT2D eigenvalue weighted by Gasteiger charge is -2.13. The molecule has 6 nitrogen and oxygen atoms in total. The van der Waals surface area contributed by atoms with Gasteiger partial charge in [-0.1, -0.05) is 18.2 Å². The van der Waals surface area contributed by atoms with E-state index in [9.17, 15) is 9.59 Å². The number of nitrogens with two attached hydrogens (primary N) is 2. The first-order chi connectivity index (χ1) is 10.4. The number of nitrogen functional groups attached to an aromatic ring is 1. The maximum atomic E-state index is 10.9. The Morgan fingerprint density at radius 1 is 1.05 bits per heavy atom. The first-order valence-electron chi connectivity index (χ1n) is 6.62. The molecule has 1 aromatic carbocycles. The van der Waals surface area contributed by atoms with Crippen LogP contribution in [0.1, 0.15) is 28.8 Å². The highest BCUT2D eigenvalue weighted by atomic mass is 16.4. The van der Waals surface area contributed by atoms with Gasteiger partial charge in [0.15, 0.2) is 0 Å². The predicted octanol–water partition coefficient (Wildman–Crippen LogP) is 2.00. The average Bonchev–Trinajstić information content (AvgIpc) is 2.46. The Morgan fingerprint density at radius 2 is 1.77 bits per heavy atom. The van der Waals surface area contributed by atoms with E-state index in [-0.39, 0.29) is 5.56 Å². The Kier molecular flexibility index (Phi) is 4.31. The Labute approximate surface area is 127 Å². The fraction of sp³-hybridized carbons (Fsp3) is 0.125. The molecule has 2 rings (SSSR count). The van der Waals surface area contributed by atoms with Gasteiger partial charge < -0.3 is 21.7 Å². The summed E-state index contributed by atoms with van der Waals surface area (Å²) in [6.45, 7) is 0. The summed E-state index contributed by atoms with van der Waals surface area (Å²) in [5.41, 5.74) is 14.4. The second kappa shape index (κ2) is 6.17. The molecule has 0 fully saturated rings. The molecule has 0 saturated carbocycles. The van der Waals surface area contributed by atoms with Crippen molar-refractivity contribution >= 4 is 23.7 Å². The van der Waals surface area contributed by atoms with E-state index >= 15 is 0 Å². The molecule has 6 N–H and O–H groups in total. The first kappa shape index (κ1) is 15.4. The van der Waals surface area contributed by atoms with E-state index in [1.165, 1.54) is 18.2 Å². The smallest absolute Gasteiger partial charge is 0.335 e. The summed E-state index contributed by atoms with van der Waals surface area (Å²) >= 11 is 0. The zero-order chi connectivity index (χ0) is 16.3. The quantitative estimate of drug-likeness (QED) is 0.630.